The van der Waals surface area contributed by atoms with Crippen molar-refractivity contribution in [3.8, 4) is 0 Å². The number of hydrogen-bond donors (Lipinski definition) is 2. The lowest BCUT2D eigenvalue weighted by atomic mass is 9.97. The molecular formula is C24H24FN5O3S. The van der Waals surface area contributed by atoms with Gasteiger partial charge in [0, 0.05) is 25.3 Å². The number of benzene rings is 2. The SMILES string of the molecule is Cc1ccccc1CNC(=O)[C@H]1CCCN(C(=O)c2nnc(C(=O)Nc3ccc(F)cc3)s2)C1. The first-order chi connectivity index (χ1) is 16.4. The van der Waals surface area contributed by atoms with Gasteiger partial charge in [0.15, 0.2) is 0 Å². The number of hydrogen-bond acceptors (Lipinski definition) is 6. The fourth-order valence-corrected chi connectivity index (χ4v) is 4.47. The summed E-state index contributed by atoms with van der Waals surface area (Å²) in [5, 5.41) is 13.4. The third kappa shape index (κ3) is 5.63. The zero-order valence-electron chi connectivity index (χ0n) is 18.6. The molecule has 0 unspecified atom stereocenters. The number of anilines is 1. The van der Waals surface area contributed by atoms with Crippen molar-refractivity contribution in [1.29, 1.82) is 0 Å². The predicted molar refractivity (Wildman–Crippen MR) is 126 cm³/mol. The predicted octanol–water partition coefficient (Wildman–Crippen LogP) is 3.41. The quantitative estimate of drug-likeness (QED) is 0.562. The highest BCUT2D eigenvalue weighted by atomic mass is 32.1. The van der Waals surface area contributed by atoms with Gasteiger partial charge in [-0.2, -0.15) is 0 Å². The summed E-state index contributed by atoms with van der Waals surface area (Å²) in [6, 6.07) is 13.2. The van der Waals surface area contributed by atoms with Gasteiger partial charge in [0.2, 0.25) is 15.9 Å². The maximum Gasteiger partial charge on any atom is 0.286 e. The lowest BCUT2D eigenvalue weighted by Crippen LogP contribution is -2.45. The number of halogens is 1. The molecule has 2 aromatic carbocycles. The van der Waals surface area contributed by atoms with Crippen molar-refractivity contribution >= 4 is 34.7 Å². The molecule has 4 rings (SSSR count). The van der Waals surface area contributed by atoms with Gasteiger partial charge in [-0.15, -0.1) is 10.2 Å². The highest BCUT2D eigenvalue weighted by molar-refractivity contribution is 7.15. The zero-order valence-corrected chi connectivity index (χ0v) is 19.4. The molecular weight excluding hydrogens is 457 g/mol. The van der Waals surface area contributed by atoms with E-state index in [1.54, 1.807) is 4.90 Å². The number of rotatable bonds is 6. The monoisotopic (exact) mass is 481 g/mol. The number of nitrogens with one attached hydrogen (secondary N) is 2. The molecule has 2 N–H and O–H groups in total. The normalized spacial score (nSPS) is 15.6. The summed E-state index contributed by atoms with van der Waals surface area (Å²) in [4.78, 5) is 39.7. The standard InChI is InChI=1S/C24H24FN5O3S/c1-15-5-2-3-6-16(15)13-26-20(31)17-7-4-12-30(14-17)24(33)23-29-28-22(34-23)21(32)27-19-10-8-18(25)9-11-19/h2-3,5-6,8-11,17H,4,7,12-14H2,1H3,(H,26,31)(H,27,32)/t17-/m0/s1. The van der Waals surface area contributed by atoms with Crippen LogP contribution in [-0.2, 0) is 11.3 Å². The summed E-state index contributed by atoms with van der Waals surface area (Å²) in [5.41, 5.74) is 2.57. The Kier molecular flexibility index (Phi) is 7.27. The Labute approximate surface area is 200 Å². The van der Waals surface area contributed by atoms with Gasteiger partial charge in [0.1, 0.15) is 5.82 Å². The molecule has 0 saturated carbocycles. The molecule has 1 atom stereocenters. The van der Waals surface area contributed by atoms with E-state index in [0.717, 1.165) is 22.5 Å². The second-order valence-electron chi connectivity index (χ2n) is 8.11. The summed E-state index contributed by atoms with van der Waals surface area (Å²) >= 11 is 0.884. The lowest BCUT2D eigenvalue weighted by Gasteiger charge is -2.31. The molecule has 0 spiro atoms. The van der Waals surface area contributed by atoms with Crippen LogP contribution in [0.15, 0.2) is 48.5 Å². The van der Waals surface area contributed by atoms with Crippen molar-refractivity contribution in [3.63, 3.8) is 0 Å². The Morgan fingerprint density at radius 2 is 1.82 bits per heavy atom. The first kappa shape index (κ1) is 23.5. The minimum absolute atomic E-state index is 0.0252. The van der Waals surface area contributed by atoms with Crippen molar-refractivity contribution in [3.05, 3.63) is 75.5 Å². The summed E-state index contributed by atoms with van der Waals surface area (Å²) in [5.74, 6) is -1.69. The van der Waals surface area contributed by atoms with Crippen LogP contribution in [0.2, 0.25) is 0 Å². The van der Waals surface area contributed by atoms with Gasteiger partial charge in [-0.3, -0.25) is 14.4 Å². The number of carbonyl (C=O) groups is 3. The Balaban J connectivity index is 1.34. The van der Waals surface area contributed by atoms with Crippen LogP contribution in [0, 0.1) is 18.7 Å². The van der Waals surface area contributed by atoms with Crippen LogP contribution in [0.25, 0.3) is 0 Å². The molecule has 3 amide bonds. The average molecular weight is 482 g/mol. The first-order valence-corrected chi connectivity index (χ1v) is 11.7. The largest absolute Gasteiger partial charge is 0.352 e. The molecule has 0 aliphatic carbocycles. The number of aryl methyl sites for hydroxylation is 1. The molecule has 0 radical (unpaired) electrons. The topological polar surface area (TPSA) is 104 Å². The van der Waals surface area contributed by atoms with E-state index >= 15 is 0 Å². The van der Waals surface area contributed by atoms with Crippen LogP contribution in [0.1, 0.15) is 43.6 Å². The number of likely N-dealkylation sites (tertiary alicyclic amines) is 1. The Morgan fingerprint density at radius 3 is 2.59 bits per heavy atom. The molecule has 8 nitrogen and oxygen atoms in total. The van der Waals surface area contributed by atoms with Gasteiger partial charge >= 0.3 is 0 Å². The van der Waals surface area contributed by atoms with Gasteiger partial charge in [0.25, 0.3) is 11.8 Å². The molecule has 1 aliphatic rings. The molecule has 1 fully saturated rings. The van der Waals surface area contributed by atoms with Crippen molar-refractivity contribution in [2.24, 2.45) is 5.92 Å². The zero-order chi connectivity index (χ0) is 24.1. The lowest BCUT2D eigenvalue weighted by molar-refractivity contribution is -0.126. The van der Waals surface area contributed by atoms with E-state index in [1.165, 1.54) is 24.3 Å². The molecule has 1 aliphatic heterocycles. The maximum atomic E-state index is 13.0. The average Bonchev–Trinajstić information content (AvgIpc) is 3.35. The van der Waals surface area contributed by atoms with Gasteiger partial charge in [-0.1, -0.05) is 35.6 Å². The second kappa shape index (κ2) is 10.5. The second-order valence-corrected chi connectivity index (χ2v) is 9.09. The van der Waals surface area contributed by atoms with Gasteiger partial charge in [-0.25, -0.2) is 4.39 Å². The Morgan fingerprint density at radius 1 is 1.09 bits per heavy atom. The molecule has 34 heavy (non-hydrogen) atoms. The minimum Gasteiger partial charge on any atom is -0.352 e. The molecule has 0 bridgehead atoms. The number of nitrogens with zero attached hydrogens (tertiary/aromatic N) is 3. The van der Waals surface area contributed by atoms with Crippen LogP contribution in [0.5, 0.6) is 0 Å². The van der Waals surface area contributed by atoms with E-state index in [0.29, 0.717) is 31.6 Å². The van der Waals surface area contributed by atoms with E-state index < -0.39 is 11.7 Å². The fourth-order valence-electron chi connectivity index (χ4n) is 3.77. The van der Waals surface area contributed by atoms with Gasteiger partial charge in [0.05, 0.1) is 5.92 Å². The molecule has 3 aromatic rings. The van der Waals surface area contributed by atoms with Crippen LogP contribution in [0.3, 0.4) is 0 Å². The van der Waals surface area contributed by atoms with E-state index in [4.69, 9.17) is 0 Å². The summed E-state index contributed by atoms with van der Waals surface area (Å²) in [7, 11) is 0. The summed E-state index contributed by atoms with van der Waals surface area (Å²) < 4.78 is 13.0. The molecule has 176 valence electrons. The van der Waals surface area contributed by atoms with Crippen molar-refractivity contribution in [1.82, 2.24) is 20.4 Å². The molecule has 10 heteroatoms. The van der Waals surface area contributed by atoms with Crippen LogP contribution < -0.4 is 10.6 Å². The smallest absolute Gasteiger partial charge is 0.286 e. The third-order valence-electron chi connectivity index (χ3n) is 5.70. The molecule has 2 heterocycles. The molecule has 1 saturated heterocycles. The minimum atomic E-state index is -0.532. The van der Waals surface area contributed by atoms with Crippen molar-refractivity contribution < 1.29 is 18.8 Å². The summed E-state index contributed by atoms with van der Waals surface area (Å²) in [6.07, 6.45) is 1.40. The number of carbonyl (C=O) groups excluding carboxylic acids is 3. The van der Waals surface area contributed by atoms with E-state index in [1.807, 2.05) is 31.2 Å². The number of amides is 3. The third-order valence-corrected chi connectivity index (χ3v) is 6.61. The maximum absolute atomic E-state index is 13.0. The number of aromatic nitrogens is 2. The highest BCUT2D eigenvalue weighted by Gasteiger charge is 2.31. The van der Waals surface area contributed by atoms with Crippen LogP contribution in [0.4, 0.5) is 10.1 Å². The Hall–Kier alpha value is -3.66. The van der Waals surface area contributed by atoms with Crippen LogP contribution >= 0.6 is 11.3 Å². The van der Waals surface area contributed by atoms with Gasteiger partial charge < -0.3 is 15.5 Å². The first-order valence-electron chi connectivity index (χ1n) is 10.9. The van der Waals surface area contributed by atoms with Crippen LogP contribution in [-0.4, -0.2) is 45.9 Å². The van der Waals surface area contributed by atoms with E-state index in [9.17, 15) is 18.8 Å². The van der Waals surface area contributed by atoms with Gasteiger partial charge in [-0.05, 0) is 55.2 Å². The number of piperidine rings is 1. The molecule has 1 aromatic heterocycles. The van der Waals surface area contributed by atoms with Crippen molar-refractivity contribution in [2.45, 2.75) is 26.3 Å². The fraction of sp³-hybridized carbons (Fsp3) is 0.292. The van der Waals surface area contributed by atoms with E-state index in [2.05, 4.69) is 20.8 Å². The summed E-state index contributed by atoms with van der Waals surface area (Å²) in [6.45, 7) is 3.24. The highest BCUT2D eigenvalue weighted by Crippen LogP contribution is 2.21. The Bertz CT molecular complexity index is 1200. The van der Waals surface area contributed by atoms with E-state index in [-0.39, 0.29) is 34.3 Å². The van der Waals surface area contributed by atoms with Crippen molar-refractivity contribution in [2.75, 3.05) is 18.4 Å².